The van der Waals surface area contributed by atoms with Crippen molar-refractivity contribution in [2.45, 2.75) is 38.1 Å². The van der Waals surface area contributed by atoms with Crippen LogP contribution >= 0.6 is 11.6 Å². The maximum atomic E-state index is 12.5. The van der Waals surface area contributed by atoms with Crippen molar-refractivity contribution >= 4 is 35.2 Å². The standard InChI is InChI=1S/C22H21ClN2O3/c23-17-9-5-4-6-14(17)13-20-22(27)25-18-12-15(10-11-19(18)28-20)21(26)24-16-7-2-1-3-8-16/h4-6,9-13,16H,1-3,7-8H2,(H,24,26)(H,25,27). The third-order valence-corrected chi connectivity index (χ3v) is 5.41. The first-order valence-electron chi connectivity index (χ1n) is 9.50. The van der Waals surface area contributed by atoms with Crippen LogP contribution in [0.2, 0.25) is 5.02 Å². The average Bonchev–Trinajstić information content (AvgIpc) is 2.70. The van der Waals surface area contributed by atoms with Gasteiger partial charge in [0, 0.05) is 16.6 Å². The first-order valence-corrected chi connectivity index (χ1v) is 9.88. The molecule has 1 aliphatic carbocycles. The van der Waals surface area contributed by atoms with Crippen LogP contribution in [0.25, 0.3) is 6.08 Å². The van der Waals surface area contributed by atoms with Gasteiger partial charge in [0.15, 0.2) is 11.5 Å². The highest BCUT2D eigenvalue weighted by Gasteiger charge is 2.24. The zero-order chi connectivity index (χ0) is 19.5. The van der Waals surface area contributed by atoms with Crippen molar-refractivity contribution < 1.29 is 14.3 Å². The molecule has 1 fully saturated rings. The average molecular weight is 397 g/mol. The van der Waals surface area contributed by atoms with E-state index in [1.807, 2.05) is 12.1 Å². The van der Waals surface area contributed by atoms with Crippen molar-refractivity contribution in [1.82, 2.24) is 5.32 Å². The minimum atomic E-state index is -0.378. The molecule has 0 atom stereocenters. The molecule has 2 aliphatic rings. The van der Waals surface area contributed by atoms with Crippen LogP contribution in [-0.2, 0) is 4.79 Å². The van der Waals surface area contributed by atoms with Crippen LogP contribution in [-0.4, -0.2) is 17.9 Å². The van der Waals surface area contributed by atoms with Gasteiger partial charge in [-0.25, -0.2) is 0 Å². The Labute approximate surface area is 168 Å². The van der Waals surface area contributed by atoms with E-state index in [-0.39, 0.29) is 23.6 Å². The number of carbonyl (C=O) groups is 2. The molecule has 0 aromatic heterocycles. The number of benzene rings is 2. The number of carbonyl (C=O) groups excluding carboxylic acids is 2. The summed E-state index contributed by atoms with van der Waals surface area (Å²) in [6.07, 6.45) is 7.18. The normalized spacial score (nSPS) is 18.2. The monoisotopic (exact) mass is 396 g/mol. The number of fused-ring (bicyclic) bond motifs is 1. The largest absolute Gasteiger partial charge is 0.449 e. The molecule has 0 radical (unpaired) electrons. The molecule has 4 rings (SSSR count). The predicted molar refractivity (Wildman–Crippen MR) is 109 cm³/mol. The van der Waals surface area contributed by atoms with Gasteiger partial charge >= 0.3 is 0 Å². The van der Waals surface area contributed by atoms with Crippen LogP contribution in [0.15, 0.2) is 48.2 Å². The third-order valence-electron chi connectivity index (χ3n) is 5.07. The zero-order valence-corrected chi connectivity index (χ0v) is 16.1. The lowest BCUT2D eigenvalue weighted by molar-refractivity contribution is -0.115. The lowest BCUT2D eigenvalue weighted by Crippen LogP contribution is -2.36. The van der Waals surface area contributed by atoms with Gasteiger partial charge in [-0.15, -0.1) is 0 Å². The minimum absolute atomic E-state index is 0.124. The van der Waals surface area contributed by atoms with E-state index in [1.165, 1.54) is 6.42 Å². The molecule has 0 spiro atoms. The number of nitrogens with one attached hydrogen (secondary N) is 2. The summed E-state index contributed by atoms with van der Waals surface area (Å²) in [5.41, 5.74) is 1.69. The molecule has 6 heteroatoms. The molecule has 28 heavy (non-hydrogen) atoms. The summed E-state index contributed by atoms with van der Waals surface area (Å²) in [6, 6.07) is 12.5. The molecule has 1 heterocycles. The van der Waals surface area contributed by atoms with E-state index in [2.05, 4.69) is 10.6 Å². The number of hydrogen-bond donors (Lipinski definition) is 2. The Morgan fingerprint density at radius 3 is 2.71 bits per heavy atom. The Hall–Kier alpha value is -2.79. The third kappa shape index (κ3) is 4.04. The van der Waals surface area contributed by atoms with Gasteiger partial charge in [0.25, 0.3) is 11.8 Å². The van der Waals surface area contributed by atoms with E-state index in [9.17, 15) is 9.59 Å². The van der Waals surface area contributed by atoms with E-state index in [1.54, 1.807) is 36.4 Å². The molecule has 0 bridgehead atoms. The van der Waals surface area contributed by atoms with Crippen LogP contribution in [0.1, 0.15) is 48.0 Å². The second-order valence-corrected chi connectivity index (χ2v) is 7.51. The number of hydrogen-bond acceptors (Lipinski definition) is 3. The molecular formula is C22H21ClN2O3. The van der Waals surface area contributed by atoms with Crippen molar-refractivity contribution in [2.75, 3.05) is 5.32 Å². The molecule has 144 valence electrons. The lowest BCUT2D eigenvalue weighted by atomic mass is 9.95. The summed E-state index contributed by atoms with van der Waals surface area (Å²) in [4.78, 5) is 25.0. The first kappa shape index (κ1) is 18.6. The van der Waals surface area contributed by atoms with Crippen LogP contribution in [0.5, 0.6) is 5.75 Å². The minimum Gasteiger partial charge on any atom is -0.449 e. The van der Waals surface area contributed by atoms with Gasteiger partial charge in [0.2, 0.25) is 0 Å². The molecule has 1 aliphatic heterocycles. The Morgan fingerprint density at radius 1 is 1.14 bits per heavy atom. The van der Waals surface area contributed by atoms with E-state index in [0.717, 1.165) is 25.7 Å². The fourth-order valence-corrected chi connectivity index (χ4v) is 3.74. The molecule has 5 nitrogen and oxygen atoms in total. The van der Waals surface area contributed by atoms with Crippen molar-refractivity contribution in [3.05, 3.63) is 64.4 Å². The van der Waals surface area contributed by atoms with Gasteiger partial charge in [0.1, 0.15) is 0 Å². The summed E-state index contributed by atoms with van der Waals surface area (Å²) >= 11 is 6.15. The molecule has 1 saturated carbocycles. The topological polar surface area (TPSA) is 67.4 Å². The predicted octanol–water partition coefficient (Wildman–Crippen LogP) is 4.77. The van der Waals surface area contributed by atoms with Crippen LogP contribution in [0.3, 0.4) is 0 Å². The van der Waals surface area contributed by atoms with Gasteiger partial charge < -0.3 is 15.4 Å². The van der Waals surface area contributed by atoms with Crippen molar-refractivity contribution in [3.63, 3.8) is 0 Å². The Kier molecular flexibility index (Phi) is 5.35. The second-order valence-electron chi connectivity index (χ2n) is 7.11. The van der Waals surface area contributed by atoms with E-state index >= 15 is 0 Å². The number of rotatable bonds is 3. The summed E-state index contributed by atoms with van der Waals surface area (Å²) in [5.74, 6) is 0.144. The molecule has 2 amide bonds. The highest BCUT2D eigenvalue weighted by atomic mass is 35.5. The zero-order valence-electron chi connectivity index (χ0n) is 15.3. The van der Waals surface area contributed by atoms with Crippen LogP contribution < -0.4 is 15.4 Å². The van der Waals surface area contributed by atoms with Gasteiger partial charge in [0.05, 0.1) is 5.69 Å². The maximum Gasteiger partial charge on any atom is 0.291 e. The fourth-order valence-electron chi connectivity index (χ4n) is 3.55. The van der Waals surface area contributed by atoms with E-state index in [4.69, 9.17) is 16.3 Å². The van der Waals surface area contributed by atoms with Crippen molar-refractivity contribution in [3.8, 4) is 5.75 Å². The smallest absolute Gasteiger partial charge is 0.291 e. The molecule has 2 aromatic rings. The molecule has 0 saturated heterocycles. The maximum absolute atomic E-state index is 12.5. The van der Waals surface area contributed by atoms with Crippen molar-refractivity contribution in [2.24, 2.45) is 0 Å². The number of halogens is 1. The van der Waals surface area contributed by atoms with E-state index in [0.29, 0.717) is 27.6 Å². The highest BCUT2D eigenvalue weighted by molar-refractivity contribution is 6.32. The second kappa shape index (κ2) is 8.07. The summed E-state index contributed by atoms with van der Waals surface area (Å²) < 4.78 is 5.75. The molecule has 2 N–H and O–H groups in total. The molecule has 2 aromatic carbocycles. The van der Waals surface area contributed by atoms with E-state index < -0.39 is 0 Å². The van der Waals surface area contributed by atoms with Crippen LogP contribution in [0.4, 0.5) is 5.69 Å². The highest BCUT2D eigenvalue weighted by Crippen LogP contribution is 2.33. The number of ether oxygens (including phenoxy) is 1. The summed E-state index contributed by atoms with van der Waals surface area (Å²) in [5, 5.41) is 6.41. The molecule has 0 unspecified atom stereocenters. The Bertz CT molecular complexity index is 949. The lowest BCUT2D eigenvalue weighted by Gasteiger charge is -2.24. The number of anilines is 1. The molecular weight excluding hydrogens is 376 g/mol. The fraction of sp³-hybridized carbons (Fsp3) is 0.273. The Balaban J connectivity index is 1.52. The van der Waals surface area contributed by atoms with Gasteiger partial charge in [-0.3, -0.25) is 9.59 Å². The first-order chi connectivity index (χ1) is 13.6. The summed E-state index contributed by atoms with van der Waals surface area (Å²) in [6.45, 7) is 0. The Morgan fingerprint density at radius 2 is 1.93 bits per heavy atom. The van der Waals surface area contributed by atoms with Gasteiger partial charge in [-0.05, 0) is 48.7 Å². The quantitative estimate of drug-likeness (QED) is 0.734. The van der Waals surface area contributed by atoms with Crippen LogP contribution in [0, 0.1) is 0 Å². The SMILES string of the molecule is O=C1Nc2cc(C(=O)NC3CCCCC3)ccc2OC1=Cc1ccccc1Cl. The van der Waals surface area contributed by atoms with Gasteiger partial charge in [-0.1, -0.05) is 49.1 Å². The van der Waals surface area contributed by atoms with Gasteiger partial charge in [-0.2, -0.15) is 0 Å². The van der Waals surface area contributed by atoms with Crippen molar-refractivity contribution in [1.29, 1.82) is 0 Å². The number of amides is 2. The summed E-state index contributed by atoms with van der Waals surface area (Å²) in [7, 11) is 0.